The Bertz CT molecular complexity index is 1030. The van der Waals surface area contributed by atoms with E-state index < -0.39 is 0 Å². The molecule has 1 heterocycles. The second kappa shape index (κ2) is 11.1. The first-order valence-corrected chi connectivity index (χ1v) is 11.1. The average Bonchev–Trinajstić information content (AvgIpc) is 3.18. The lowest BCUT2D eigenvalue weighted by atomic mass is 10.1. The summed E-state index contributed by atoms with van der Waals surface area (Å²) in [4.78, 5) is 29.0. The molecule has 152 valence electrons. The summed E-state index contributed by atoms with van der Waals surface area (Å²) in [7, 11) is 0. The van der Waals surface area contributed by atoms with Crippen LogP contribution in [-0.2, 0) is 9.59 Å². The number of thioether (sulfide) groups is 1. The lowest BCUT2D eigenvalue weighted by Crippen LogP contribution is -2.24. The van der Waals surface area contributed by atoms with Crippen LogP contribution < -0.4 is 10.6 Å². The Morgan fingerprint density at radius 2 is 1.77 bits per heavy atom. The SMILES string of the molecule is C=CCNC(=O)CSc1nc(-c2ccccc2)c(NC(=O)/C=C\c2ccccc2)s1. The summed E-state index contributed by atoms with van der Waals surface area (Å²) in [5, 5.41) is 6.32. The van der Waals surface area contributed by atoms with Gasteiger partial charge in [0.2, 0.25) is 11.8 Å². The van der Waals surface area contributed by atoms with Gasteiger partial charge in [-0.2, -0.15) is 0 Å². The highest BCUT2D eigenvalue weighted by molar-refractivity contribution is 8.01. The van der Waals surface area contributed by atoms with Gasteiger partial charge in [-0.1, -0.05) is 89.8 Å². The molecule has 7 heteroatoms. The van der Waals surface area contributed by atoms with E-state index in [0.717, 1.165) is 11.1 Å². The number of aromatic nitrogens is 1. The Hall–Kier alpha value is -3.16. The number of amides is 2. The molecule has 0 fully saturated rings. The minimum absolute atomic E-state index is 0.0901. The Kier molecular flexibility index (Phi) is 8.00. The van der Waals surface area contributed by atoms with Gasteiger partial charge in [-0.3, -0.25) is 9.59 Å². The molecule has 3 rings (SSSR count). The third-order valence-corrected chi connectivity index (χ3v) is 6.00. The van der Waals surface area contributed by atoms with Crippen molar-refractivity contribution in [3.63, 3.8) is 0 Å². The smallest absolute Gasteiger partial charge is 0.249 e. The summed E-state index contributed by atoms with van der Waals surface area (Å²) in [5.74, 6) is -0.0793. The topological polar surface area (TPSA) is 71.1 Å². The number of carbonyl (C=O) groups is 2. The number of nitrogens with zero attached hydrogens (tertiary/aromatic N) is 1. The molecule has 0 bridgehead atoms. The molecule has 0 aliphatic heterocycles. The largest absolute Gasteiger partial charge is 0.352 e. The molecule has 0 radical (unpaired) electrons. The number of anilines is 1. The molecule has 2 amide bonds. The molecule has 0 saturated carbocycles. The van der Waals surface area contributed by atoms with Gasteiger partial charge in [-0.25, -0.2) is 4.98 Å². The van der Waals surface area contributed by atoms with Crippen molar-refractivity contribution in [2.75, 3.05) is 17.6 Å². The number of carbonyl (C=O) groups excluding carboxylic acids is 2. The van der Waals surface area contributed by atoms with Gasteiger partial charge in [0.05, 0.1) is 5.75 Å². The van der Waals surface area contributed by atoms with Crippen LogP contribution in [-0.4, -0.2) is 29.1 Å². The van der Waals surface area contributed by atoms with E-state index in [0.29, 0.717) is 21.6 Å². The van der Waals surface area contributed by atoms with Crippen molar-refractivity contribution in [2.45, 2.75) is 4.34 Å². The van der Waals surface area contributed by atoms with E-state index in [1.165, 1.54) is 29.2 Å². The maximum absolute atomic E-state index is 12.5. The highest BCUT2D eigenvalue weighted by atomic mass is 32.2. The van der Waals surface area contributed by atoms with Gasteiger partial charge in [0.15, 0.2) is 4.34 Å². The predicted octanol–water partition coefficient (Wildman–Crippen LogP) is 4.86. The van der Waals surface area contributed by atoms with Crippen molar-refractivity contribution in [2.24, 2.45) is 0 Å². The molecule has 0 unspecified atom stereocenters. The summed E-state index contributed by atoms with van der Waals surface area (Å²) < 4.78 is 0.713. The van der Waals surface area contributed by atoms with Gasteiger partial charge in [0.1, 0.15) is 10.7 Å². The number of rotatable bonds is 9. The van der Waals surface area contributed by atoms with Crippen LogP contribution in [0.15, 0.2) is 83.7 Å². The number of hydrogen-bond acceptors (Lipinski definition) is 5. The van der Waals surface area contributed by atoms with Gasteiger partial charge in [-0.15, -0.1) is 6.58 Å². The second-order valence-corrected chi connectivity index (χ2v) is 8.36. The van der Waals surface area contributed by atoms with Crippen LogP contribution in [0.3, 0.4) is 0 Å². The van der Waals surface area contributed by atoms with Crippen LogP contribution >= 0.6 is 23.1 Å². The first-order valence-electron chi connectivity index (χ1n) is 9.26. The van der Waals surface area contributed by atoms with Crippen molar-refractivity contribution < 1.29 is 9.59 Å². The van der Waals surface area contributed by atoms with Gasteiger partial charge in [-0.05, 0) is 11.6 Å². The van der Waals surface area contributed by atoms with Crippen LogP contribution in [0.5, 0.6) is 0 Å². The molecular formula is C23H21N3O2S2. The minimum Gasteiger partial charge on any atom is -0.352 e. The van der Waals surface area contributed by atoms with Gasteiger partial charge >= 0.3 is 0 Å². The van der Waals surface area contributed by atoms with Gasteiger partial charge < -0.3 is 10.6 Å². The number of nitrogens with one attached hydrogen (secondary N) is 2. The fourth-order valence-corrected chi connectivity index (χ4v) is 4.39. The van der Waals surface area contributed by atoms with Crippen LogP contribution in [0.4, 0.5) is 5.00 Å². The highest BCUT2D eigenvalue weighted by Crippen LogP contribution is 2.37. The Balaban J connectivity index is 1.75. The van der Waals surface area contributed by atoms with Crippen molar-refractivity contribution >= 4 is 46.0 Å². The van der Waals surface area contributed by atoms with Gasteiger partial charge in [0.25, 0.3) is 0 Å². The molecule has 1 aromatic heterocycles. The first kappa shape index (κ1) is 21.5. The fraction of sp³-hybridized carbons (Fsp3) is 0.0870. The molecule has 0 spiro atoms. The summed E-state index contributed by atoms with van der Waals surface area (Å²) in [5.41, 5.74) is 2.54. The van der Waals surface area contributed by atoms with Crippen molar-refractivity contribution in [1.82, 2.24) is 10.3 Å². The van der Waals surface area contributed by atoms with Crippen LogP contribution in [0.1, 0.15) is 5.56 Å². The normalized spacial score (nSPS) is 10.7. The van der Waals surface area contributed by atoms with E-state index in [2.05, 4.69) is 22.2 Å². The van der Waals surface area contributed by atoms with Gasteiger partial charge in [0, 0.05) is 18.2 Å². The maximum Gasteiger partial charge on any atom is 0.249 e. The molecule has 2 N–H and O–H groups in total. The quantitative estimate of drug-likeness (QED) is 0.286. The molecule has 0 aliphatic carbocycles. The molecule has 0 atom stereocenters. The first-order chi connectivity index (χ1) is 14.7. The maximum atomic E-state index is 12.5. The standard InChI is InChI=1S/C23H21N3O2S2/c1-2-15-24-20(28)16-29-23-26-21(18-11-7-4-8-12-18)22(30-23)25-19(27)14-13-17-9-5-3-6-10-17/h2-14H,1,15-16H2,(H,24,28)(H,25,27)/b14-13-. The van der Waals surface area contributed by atoms with Crippen molar-refractivity contribution in [3.05, 3.63) is 85.0 Å². The average molecular weight is 436 g/mol. The van der Waals surface area contributed by atoms with E-state index in [4.69, 9.17) is 0 Å². The summed E-state index contributed by atoms with van der Waals surface area (Å²) in [6.45, 7) is 4.02. The monoisotopic (exact) mass is 435 g/mol. The molecule has 0 aliphatic rings. The van der Waals surface area contributed by atoms with Crippen LogP contribution in [0.25, 0.3) is 17.3 Å². The molecular weight excluding hydrogens is 414 g/mol. The van der Waals surface area contributed by atoms with Crippen LogP contribution in [0, 0.1) is 0 Å². The van der Waals surface area contributed by atoms with E-state index in [1.54, 1.807) is 12.2 Å². The zero-order valence-electron chi connectivity index (χ0n) is 16.2. The molecule has 5 nitrogen and oxygen atoms in total. The van der Waals surface area contributed by atoms with Crippen molar-refractivity contribution in [3.8, 4) is 11.3 Å². The minimum atomic E-state index is -0.236. The van der Waals surface area contributed by atoms with E-state index in [9.17, 15) is 9.59 Å². The summed E-state index contributed by atoms with van der Waals surface area (Å²) in [6.07, 6.45) is 4.90. The number of thiazole rings is 1. The molecule has 30 heavy (non-hydrogen) atoms. The fourth-order valence-electron chi connectivity index (χ4n) is 2.49. The van der Waals surface area contributed by atoms with Crippen molar-refractivity contribution in [1.29, 1.82) is 0 Å². The lowest BCUT2D eigenvalue weighted by Gasteiger charge is -2.02. The van der Waals surface area contributed by atoms with E-state index in [-0.39, 0.29) is 17.6 Å². The van der Waals surface area contributed by atoms with E-state index >= 15 is 0 Å². The van der Waals surface area contributed by atoms with Crippen LogP contribution in [0.2, 0.25) is 0 Å². The number of benzene rings is 2. The Morgan fingerprint density at radius 3 is 2.47 bits per heavy atom. The molecule has 0 saturated heterocycles. The Morgan fingerprint density at radius 1 is 1.07 bits per heavy atom. The zero-order valence-corrected chi connectivity index (χ0v) is 17.8. The number of hydrogen-bond donors (Lipinski definition) is 2. The predicted molar refractivity (Wildman–Crippen MR) is 126 cm³/mol. The highest BCUT2D eigenvalue weighted by Gasteiger charge is 2.16. The van der Waals surface area contributed by atoms with E-state index in [1.807, 2.05) is 60.7 Å². The summed E-state index contributed by atoms with van der Waals surface area (Å²) in [6, 6.07) is 19.3. The third kappa shape index (κ3) is 6.43. The third-order valence-electron chi connectivity index (χ3n) is 3.89. The zero-order chi connectivity index (χ0) is 21.2. The second-order valence-electron chi connectivity index (χ2n) is 6.14. The Labute approximate surface area is 183 Å². The lowest BCUT2D eigenvalue weighted by molar-refractivity contribution is -0.118. The molecule has 3 aromatic rings. The summed E-state index contributed by atoms with van der Waals surface area (Å²) >= 11 is 2.69. The molecule has 2 aromatic carbocycles.